The molecule has 0 bridgehead atoms. The first-order valence-corrected chi connectivity index (χ1v) is 5.49. The molecule has 0 saturated carbocycles. The van der Waals surface area contributed by atoms with Crippen molar-refractivity contribution >= 4 is 29.2 Å². The summed E-state index contributed by atoms with van der Waals surface area (Å²) in [5.41, 5.74) is -0.278. The highest BCUT2D eigenvalue weighted by atomic mass is 35.5. The molecule has 0 amide bonds. The minimum absolute atomic E-state index is 0.0764. The Kier molecular flexibility index (Phi) is 5.08. The molecule has 0 fully saturated rings. The summed E-state index contributed by atoms with van der Waals surface area (Å²) in [5, 5.41) is -0.440. The molecule has 0 unspecified atom stereocenters. The number of esters is 1. The number of ether oxygens (including phenoxy) is 1. The molecule has 0 saturated heterocycles. The zero-order valence-electron chi connectivity index (χ0n) is 8.84. The van der Waals surface area contributed by atoms with Gasteiger partial charge in [-0.3, -0.25) is 4.79 Å². The second-order valence-corrected chi connectivity index (χ2v) is 3.82. The molecule has 1 rings (SSSR count). The highest BCUT2D eigenvalue weighted by Gasteiger charge is 2.18. The molecule has 0 N–H and O–H groups in total. The van der Waals surface area contributed by atoms with Gasteiger partial charge in [0.05, 0.1) is 18.6 Å². The molecular formula is C10H9Cl2F2NO2. The molecule has 0 aromatic carbocycles. The van der Waals surface area contributed by atoms with Crippen molar-refractivity contribution in [3.8, 4) is 0 Å². The number of halogens is 4. The van der Waals surface area contributed by atoms with Crippen molar-refractivity contribution in [1.82, 2.24) is 4.98 Å². The molecule has 3 nitrogen and oxygen atoms in total. The predicted octanol–water partition coefficient (Wildman–Crippen LogP) is 3.43. The molecule has 0 aliphatic rings. The fourth-order valence-electron chi connectivity index (χ4n) is 1.17. The Hall–Kier alpha value is -0.940. The summed E-state index contributed by atoms with van der Waals surface area (Å²) < 4.78 is 29.8. The van der Waals surface area contributed by atoms with Gasteiger partial charge in [0.2, 0.25) is 0 Å². The quantitative estimate of drug-likeness (QED) is 0.628. The van der Waals surface area contributed by atoms with E-state index in [0.29, 0.717) is 0 Å². The van der Waals surface area contributed by atoms with Gasteiger partial charge >= 0.3 is 5.97 Å². The van der Waals surface area contributed by atoms with Crippen LogP contribution in [-0.2, 0) is 16.0 Å². The van der Waals surface area contributed by atoms with Gasteiger partial charge in [-0.2, -0.15) is 0 Å². The number of carbonyl (C=O) groups is 1. The van der Waals surface area contributed by atoms with Crippen LogP contribution in [0.15, 0.2) is 6.07 Å². The molecule has 17 heavy (non-hydrogen) atoms. The Morgan fingerprint density at radius 1 is 1.47 bits per heavy atom. The van der Waals surface area contributed by atoms with Crippen molar-refractivity contribution in [2.45, 2.75) is 19.8 Å². The molecule has 1 aromatic rings. The van der Waals surface area contributed by atoms with Crippen LogP contribution in [-0.4, -0.2) is 17.6 Å². The third-order valence-electron chi connectivity index (χ3n) is 1.90. The Morgan fingerprint density at radius 3 is 2.65 bits per heavy atom. The van der Waals surface area contributed by atoms with Gasteiger partial charge in [0.1, 0.15) is 10.3 Å². The largest absolute Gasteiger partial charge is 0.466 e. The SMILES string of the molecule is CCOC(=O)Cc1cc(C(F)F)c(Cl)nc1Cl. The predicted molar refractivity (Wildman–Crippen MR) is 59.6 cm³/mol. The Bertz CT molecular complexity index is 427. The highest BCUT2D eigenvalue weighted by molar-refractivity contribution is 6.33. The smallest absolute Gasteiger partial charge is 0.310 e. The van der Waals surface area contributed by atoms with Gasteiger partial charge in [-0.25, -0.2) is 13.8 Å². The van der Waals surface area contributed by atoms with Gasteiger partial charge in [0.15, 0.2) is 0 Å². The average molecular weight is 284 g/mol. The summed E-state index contributed by atoms with van der Waals surface area (Å²) in [7, 11) is 0. The number of rotatable bonds is 4. The maximum Gasteiger partial charge on any atom is 0.310 e. The third-order valence-corrected chi connectivity index (χ3v) is 2.53. The van der Waals surface area contributed by atoms with Crippen LogP contribution in [0.2, 0.25) is 10.3 Å². The molecule has 0 spiro atoms. The number of hydrogen-bond acceptors (Lipinski definition) is 3. The van der Waals surface area contributed by atoms with Gasteiger partial charge in [0.25, 0.3) is 6.43 Å². The van der Waals surface area contributed by atoms with Gasteiger partial charge < -0.3 is 4.74 Å². The summed E-state index contributed by atoms with van der Waals surface area (Å²) in [6.45, 7) is 1.85. The lowest BCUT2D eigenvalue weighted by atomic mass is 10.1. The van der Waals surface area contributed by atoms with Crippen molar-refractivity contribution in [2.24, 2.45) is 0 Å². The highest BCUT2D eigenvalue weighted by Crippen LogP contribution is 2.29. The van der Waals surface area contributed by atoms with Crippen LogP contribution in [0.25, 0.3) is 0 Å². The summed E-state index contributed by atoms with van der Waals surface area (Å²) >= 11 is 11.2. The number of nitrogens with zero attached hydrogens (tertiary/aromatic N) is 1. The van der Waals surface area contributed by atoms with Crippen molar-refractivity contribution in [3.63, 3.8) is 0 Å². The second kappa shape index (κ2) is 6.12. The maximum absolute atomic E-state index is 12.5. The third kappa shape index (κ3) is 3.78. The van der Waals surface area contributed by atoms with Gasteiger partial charge in [-0.1, -0.05) is 23.2 Å². The Labute approximate surface area is 107 Å². The number of hydrogen-bond donors (Lipinski definition) is 0. The molecule has 0 aliphatic carbocycles. The van der Waals surface area contributed by atoms with Crippen LogP contribution in [0, 0.1) is 0 Å². The van der Waals surface area contributed by atoms with Crippen LogP contribution < -0.4 is 0 Å². The number of aromatic nitrogens is 1. The molecule has 1 heterocycles. The molecule has 0 aliphatic heterocycles. The lowest BCUT2D eigenvalue weighted by Crippen LogP contribution is -2.09. The molecule has 94 valence electrons. The van der Waals surface area contributed by atoms with Gasteiger partial charge in [-0.15, -0.1) is 0 Å². The molecule has 7 heteroatoms. The van der Waals surface area contributed by atoms with Gasteiger partial charge in [0, 0.05) is 5.56 Å². The zero-order chi connectivity index (χ0) is 13.0. The Morgan fingerprint density at radius 2 is 2.12 bits per heavy atom. The van der Waals surface area contributed by atoms with Crippen LogP contribution in [0.3, 0.4) is 0 Å². The summed E-state index contributed by atoms with van der Waals surface area (Å²) in [6, 6.07) is 1.07. The molecule has 1 aromatic heterocycles. The van der Waals surface area contributed by atoms with Crippen LogP contribution in [0.1, 0.15) is 24.5 Å². The number of carbonyl (C=O) groups excluding carboxylic acids is 1. The molecule has 0 radical (unpaired) electrons. The summed E-state index contributed by atoms with van der Waals surface area (Å²) in [4.78, 5) is 14.8. The van der Waals surface area contributed by atoms with E-state index in [9.17, 15) is 13.6 Å². The van der Waals surface area contributed by atoms with E-state index in [4.69, 9.17) is 23.2 Å². The van der Waals surface area contributed by atoms with Crippen LogP contribution >= 0.6 is 23.2 Å². The van der Waals surface area contributed by atoms with E-state index in [-0.39, 0.29) is 28.9 Å². The van der Waals surface area contributed by atoms with E-state index in [1.54, 1.807) is 6.92 Å². The van der Waals surface area contributed by atoms with Gasteiger partial charge in [-0.05, 0) is 13.0 Å². The topological polar surface area (TPSA) is 39.2 Å². The van der Waals surface area contributed by atoms with Crippen molar-refractivity contribution in [3.05, 3.63) is 27.5 Å². The summed E-state index contributed by atoms with van der Waals surface area (Å²) in [5.74, 6) is -0.557. The lowest BCUT2D eigenvalue weighted by molar-refractivity contribution is -0.142. The minimum atomic E-state index is -2.77. The fourth-order valence-corrected chi connectivity index (χ4v) is 1.64. The van der Waals surface area contributed by atoms with Crippen molar-refractivity contribution in [2.75, 3.05) is 6.61 Å². The first-order chi connectivity index (χ1) is 7.95. The minimum Gasteiger partial charge on any atom is -0.466 e. The number of alkyl halides is 2. The van der Waals surface area contributed by atoms with Crippen molar-refractivity contribution < 1.29 is 18.3 Å². The second-order valence-electron chi connectivity index (χ2n) is 3.10. The monoisotopic (exact) mass is 283 g/mol. The zero-order valence-corrected chi connectivity index (χ0v) is 10.4. The lowest BCUT2D eigenvalue weighted by Gasteiger charge is -2.08. The Balaban J connectivity index is 2.99. The van der Waals surface area contributed by atoms with Crippen LogP contribution in [0.5, 0.6) is 0 Å². The normalized spacial score (nSPS) is 10.7. The first kappa shape index (κ1) is 14.1. The molecular weight excluding hydrogens is 275 g/mol. The van der Waals surface area contributed by atoms with E-state index in [1.165, 1.54) is 0 Å². The summed E-state index contributed by atoms with van der Waals surface area (Å²) in [6.07, 6.45) is -2.98. The van der Waals surface area contributed by atoms with E-state index >= 15 is 0 Å². The van der Waals surface area contributed by atoms with E-state index in [1.807, 2.05) is 0 Å². The first-order valence-electron chi connectivity index (χ1n) is 4.74. The van der Waals surface area contributed by atoms with Crippen LogP contribution in [0.4, 0.5) is 8.78 Å². The fraction of sp³-hybridized carbons (Fsp3) is 0.400. The molecule has 0 atom stereocenters. The maximum atomic E-state index is 12.5. The van der Waals surface area contributed by atoms with E-state index < -0.39 is 18.0 Å². The van der Waals surface area contributed by atoms with Crippen molar-refractivity contribution in [1.29, 1.82) is 0 Å². The van der Waals surface area contributed by atoms with E-state index in [2.05, 4.69) is 9.72 Å². The van der Waals surface area contributed by atoms with E-state index in [0.717, 1.165) is 6.07 Å². The average Bonchev–Trinajstić information content (AvgIpc) is 2.21. The standard InChI is InChI=1S/C10H9Cl2F2NO2/c1-2-17-7(16)4-5-3-6(10(13)14)9(12)15-8(5)11/h3,10H,2,4H2,1H3. The number of pyridine rings is 1.